The van der Waals surface area contributed by atoms with Gasteiger partial charge in [0.05, 0.1) is 79.3 Å². The molecule has 0 aliphatic heterocycles. The number of halogens is 6. The van der Waals surface area contributed by atoms with E-state index in [4.69, 9.17) is 46.4 Å². The van der Waals surface area contributed by atoms with Gasteiger partial charge in [-0.3, -0.25) is 42.6 Å². The first-order valence-electron chi connectivity index (χ1n) is 45.9. The van der Waals surface area contributed by atoms with Crippen LogP contribution in [0.4, 0.5) is 8.78 Å². The van der Waals surface area contributed by atoms with Gasteiger partial charge in [0, 0.05) is 81.2 Å². The molecule has 5 atom stereocenters. The molecule has 1 unspecified atom stereocenters. The molecule has 0 saturated carbocycles. The van der Waals surface area contributed by atoms with Gasteiger partial charge in [-0.25, -0.2) is 13.8 Å². The molecule has 2 aliphatic rings. The summed E-state index contributed by atoms with van der Waals surface area (Å²) in [6, 6.07) is 76.6. The lowest BCUT2D eigenvalue weighted by Crippen LogP contribution is -2.44. The fourth-order valence-corrected chi connectivity index (χ4v) is 18.0. The second kappa shape index (κ2) is 50.8. The number of nitrogens with zero attached hydrogens (tertiary/aromatic N) is 13. The van der Waals surface area contributed by atoms with Crippen LogP contribution >= 0.6 is 46.4 Å². The van der Waals surface area contributed by atoms with Gasteiger partial charge >= 0.3 is 0 Å². The Morgan fingerprint density at radius 1 is 0.432 bits per heavy atom. The maximum Gasteiger partial charge on any atom is 0.244 e. The molecular formula is C111H92Cl4F2N18O10S. The Bertz CT molecular complexity index is 7570. The highest BCUT2D eigenvalue weighted by molar-refractivity contribution is 7.86. The van der Waals surface area contributed by atoms with Crippen molar-refractivity contribution in [1.82, 2.24) is 91.9 Å². The van der Waals surface area contributed by atoms with Crippen molar-refractivity contribution in [2.24, 2.45) is 0 Å². The number of fused-ring (bicyclic) bond motifs is 3. The van der Waals surface area contributed by atoms with Gasteiger partial charge in [-0.15, -0.1) is 15.3 Å². The van der Waals surface area contributed by atoms with Gasteiger partial charge in [0.25, 0.3) is 0 Å². The molecule has 0 saturated heterocycles. The normalized spacial score (nSPS) is 12.7. The number of hydrogen-bond donors (Lipinski definition) is 6. The third kappa shape index (κ3) is 29.5. The molecule has 16 aromatic rings. The maximum absolute atomic E-state index is 14.1. The Labute approximate surface area is 859 Å². The molecule has 0 spiro atoms. The monoisotopic (exact) mass is 2050 g/mol. The molecule has 2 aliphatic carbocycles. The number of Topliss-reactive ketones (excluding diaryl/α,β-unsaturated/α-hetero) is 4. The molecule has 146 heavy (non-hydrogen) atoms. The van der Waals surface area contributed by atoms with E-state index in [-0.39, 0.29) is 82.6 Å². The second-order valence-electron chi connectivity index (χ2n) is 33.8. The number of aliphatic hydroxyl groups is 1. The number of allylic oxidation sites excluding steroid dienone is 2. The molecule has 18 rings (SSSR count). The quantitative estimate of drug-likeness (QED) is 0.0120. The zero-order valence-corrected chi connectivity index (χ0v) is 81.7. The number of carbonyl (C=O) groups excluding carboxylic acids is 8. The van der Waals surface area contributed by atoms with E-state index in [1.54, 1.807) is 91.3 Å². The van der Waals surface area contributed by atoms with Crippen LogP contribution in [0.5, 0.6) is 0 Å². The van der Waals surface area contributed by atoms with Crippen molar-refractivity contribution in [3.63, 3.8) is 0 Å². The van der Waals surface area contributed by atoms with E-state index in [1.807, 2.05) is 170 Å². The highest BCUT2D eigenvalue weighted by Crippen LogP contribution is 2.30. The van der Waals surface area contributed by atoms with Crippen molar-refractivity contribution in [3.05, 3.63) is 450 Å². The van der Waals surface area contributed by atoms with Crippen LogP contribution < -0.4 is 21.3 Å². The van der Waals surface area contributed by atoms with Gasteiger partial charge in [0.1, 0.15) is 36.3 Å². The van der Waals surface area contributed by atoms with Gasteiger partial charge in [-0.2, -0.15) is 14.0 Å². The van der Waals surface area contributed by atoms with Crippen LogP contribution in [-0.4, -0.2) is 157 Å². The van der Waals surface area contributed by atoms with Crippen molar-refractivity contribution in [3.8, 4) is 17.1 Å². The number of hydrogen-bond acceptors (Lipinski definition) is 20. The van der Waals surface area contributed by atoms with Crippen LogP contribution in [-0.2, 0) is 113 Å². The molecule has 6 N–H and O–H groups in total. The van der Waals surface area contributed by atoms with E-state index in [2.05, 4.69) is 115 Å². The summed E-state index contributed by atoms with van der Waals surface area (Å²) in [7, 11) is -1.80. The third-order valence-corrected chi connectivity index (χ3v) is 25.8. The number of imidazole rings is 1. The van der Waals surface area contributed by atoms with E-state index < -0.39 is 69.9 Å². The molecule has 4 aromatic heterocycles. The number of aromatic nitrogens is 14. The van der Waals surface area contributed by atoms with Crippen molar-refractivity contribution in [1.29, 1.82) is 0 Å². The van der Waals surface area contributed by atoms with Crippen LogP contribution in [0.3, 0.4) is 0 Å². The summed E-state index contributed by atoms with van der Waals surface area (Å²) in [5.41, 5.74) is 16.7. The number of rotatable bonds is 37. The summed E-state index contributed by atoms with van der Waals surface area (Å²) in [5.74, 6) is -4.71. The van der Waals surface area contributed by atoms with Gasteiger partial charge in [0.2, 0.25) is 23.6 Å². The minimum absolute atomic E-state index is 0.0476. The number of aliphatic hydroxyl groups excluding tert-OH is 1. The number of benzene rings is 12. The number of ketones is 4. The van der Waals surface area contributed by atoms with E-state index in [0.717, 1.165) is 98.2 Å². The number of carbonyl (C=O) groups is 8. The van der Waals surface area contributed by atoms with Crippen molar-refractivity contribution < 1.29 is 56.5 Å². The van der Waals surface area contributed by atoms with Crippen molar-refractivity contribution in [2.75, 3.05) is 5.75 Å². The molecule has 4 amide bonds. The summed E-state index contributed by atoms with van der Waals surface area (Å²) in [6.07, 6.45) is 26.0. The number of H-pyrrole nitrogens is 1. The molecule has 0 radical (unpaired) electrons. The topological polar surface area (TPSA) is 381 Å². The van der Waals surface area contributed by atoms with Crippen molar-refractivity contribution in [2.45, 2.75) is 93.3 Å². The van der Waals surface area contributed by atoms with E-state index in [9.17, 15) is 56.5 Å². The lowest BCUT2D eigenvalue weighted by Gasteiger charge is -2.18. The van der Waals surface area contributed by atoms with Crippen LogP contribution in [0.25, 0.3) is 64.2 Å². The van der Waals surface area contributed by atoms with Crippen LogP contribution in [0.1, 0.15) is 89.0 Å². The lowest BCUT2D eigenvalue weighted by atomic mass is 9.96. The number of amides is 4. The molecule has 12 aromatic carbocycles. The summed E-state index contributed by atoms with van der Waals surface area (Å²) < 4.78 is 45.6. The Balaban J connectivity index is 0.000000146. The highest BCUT2D eigenvalue weighted by Gasteiger charge is 2.29. The zero-order chi connectivity index (χ0) is 102. The Kier molecular flexibility index (Phi) is 36.1. The smallest absolute Gasteiger partial charge is 0.244 e. The maximum atomic E-state index is 14.1. The summed E-state index contributed by atoms with van der Waals surface area (Å²) in [5, 5.41) is 55.4. The van der Waals surface area contributed by atoms with E-state index in [0.29, 0.717) is 68.1 Å². The van der Waals surface area contributed by atoms with Crippen molar-refractivity contribution >= 4 is 151 Å². The molecule has 28 nitrogen and oxygen atoms in total. The average Bonchev–Trinajstić information content (AvgIpc) is 1.52. The molecule has 0 fully saturated rings. The van der Waals surface area contributed by atoms with Crippen LogP contribution in [0.15, 0.2) is 334 Å². The number of aromatic amines is 1. The number of nitrogens with one attached hydrogen (secondary N) is 5. The van der Waals surface area contributed by atoms with Gasteiger partial charge < -0.3 is 31.4 Å². The third-order valence-electron chi connectivity index (χ3n) is 23.4. The Morgan fingerprint density at radius 3 is 1.25 bits per heavy atom. The van der Waals surface area contributed by atoms with Gasteiger partial charge in [-0.05, 0) is 234 Å². The first-order chi connectivity index (χ1) is 70.8. The lowest BCUT2D eigenvalue weighted by molar-refractivity contribution is -0.126. The number of tetrazole rings is 3. The minimum Gasteiger partial charge on any atom is -0.508 e. The summed E-state index contributed by atoms with van der Waals surface area (Å²) >= 11 is 24.2. The standard InChI is InChI=1S/C29H24ClN5O2.C28H22ClF2NO2.C27H22ClN7O2.C27H24ClN5O4S/c30-25-12-13-27(35-19-31-33-34-35)24(18-25)11-14-29(37)32-26(16-20-5-2-1-3-6-20)28(36)17-21-9-10-22-7-4-8-23(22)15-21;29-23-12-13-24(30)22(28(23)31)11-14-27(34)32-25(16-18-5-2-1-3-6-18)26(33)17-19-9-10-20-7-4-8-21(20)15-19;28-21-8-10-25(35-17-31-33-34-35)20(15-21)7-11-27(37)32-24(12-18-4-2-1-3-5-18)26(36)14-19-6-9-22-23(13-19)30-16-29-22;1-18(34)21-9-7-20(8-10-21)14-25(35)23(13-19-5-3-2-4-6-19)30-27(36)16-38(37)26-15-22(28)11-12-24(26)33-17-29-31-32-33/h1-7,9-15,18-19,26H,8,16-17H2,(H,32,37);1-7,9-15,25H,8,16-17H2,(H,32,34);1-11,13,15-17,24H,12,14H2,(H,29,30)(H,32,37);2-12,15,17,23,34H,1,13-14,16H2,(H,30,36)/b2*14-11+;11-7+;/t26-;25-;24-;23-,38?/m0000/s1. The second-order valence-corrected chi connectivity index (χ2v) is 37.0. The summed E-state index contributed by atoms with van der Waals surface area (Å²) in [6.45, 7) is 3.49. The molecular weight excluding hydrogens is 1960 g/mol. The highest BCUT2D eigenvalue weighted by atomic mass is 35.5. The predicted molar refractivity (Wildman–Crippen MR) is 558 cm³/mol. The average molecular weight is 2050 g/mol. The SMILES string of the molecule is C=C(O)c1ccc(CC(=O)[C@H](Cc2ccccc2)NC(=O)CS(=O)c2cc(Cl)ccc2-n2cnnn2)cc1.O=C(/C=C/c1c(F)ccc(Cl)c1F)N[C@@H](Cc1ccccc1)C(=O)Cc1ccc2c(c1)CC=C2.O=C(/C=C/c1cc(Cl)ccc1-n1cnnn1)N[C@@H](Cc1ccccc1)C(=O)Cc1ccc2c(c1)CC=C2.O=C(/C=C/c1cc(Cl)ccc1-n1cnnn1)N[C@@H](Cc1ccccc1)C(=O)Cc1ccc2nc[nH]c2c1. The molecule has 4 heterocycles. The Hall–Kier alpha value is -16.7. The van der Waals surface area contributed by atoms with E-state index >= 15 is 0 Å². The fourth-order valence-electron chi connectivity index (χ4n) is 16.1. The van der Waals surface area contributed by atoms with Gasteiger partial charge in [-0.1, -0.05) is 265 Å². The Morgan fingerprint density at radius 2 is 0.822 bits per heavy atom. The minimum atomic E-state index is -1.80. The first kappa shape index (κ1) is 104. The largest absolute Gasteiger partial charge is 0.508 e. The van der Waals surface area contributed by atoms with Crippen LogP contribution in [0, 0.1) is 11.6 Å². The van der Waals surface area contributed by atoms with Crippen LogP contribution in [0.2, 0.25) is 20.1 Å². The molecule has 35 heteroatoms. The molecule has 0 bridgehead atoms. The van der Waals surface area contributed by atoms with E-state index in [1.165, 1.54) is 67.9 Å². The molecule has 734 valence electrons. The van der Waals surface area contributed by atoms with Gasteiger partial charge in [0.15, 0.2) is 29.0 Å². The predicted octanol–water partition coefficient (Wildman–Crippen LogP) is 17.4. The fraction of sp³-hybridized carbons (Fsp3) is 0.135. The summed E-state index contributed by atoms with van der Waals surface area (Å²) in [4.78, 5) is 112. The first-order valence-corrected chi connectivity index (χ1v) is 48.7. The zero-order valence-electron chi connectivity index (χ0n) is 77.9.